The first-order valence-electron chi connectivity index (χ1n) is 4.45. The Kier molecular flexibility index (Phi) is 1.39. The van der Waals surface area contributed by atoms with E-state index in [9.17, 15) is 4.79 Å². The van der Waals surface area contributed by atoms with Gasteiger partial charge in [-0.15, -0.1) is 0 Å². The number of aromatic amines is 1. The molecule has 5 heteroatoms. The van der Waals surface area contributed by atoms with E-state index in [0.29, 0.717) is 5.65 Å². The number of H-pyrrole nitrogens is 1. The van der Waals surface area contributed by atoms with E-state index in [1.54, 1.807) is 4.52 Å². The molecule has 0 saturated heterocycles. The van der Waals surface area contributed by atoms with E-state index in [1.165, 1.54) is 6.07 Å². The number of hydrogen-bond donors (Lipinski definition) is 2. The Morgan fingerprint density at radius 2 is 2.20 bits per heavy atom. The van der Waals surface area contributed by atoms with Gasteiger partial charge in [-0.1, -0.05) is 12.1 Å². The van der Waals surface area contributed by atoms with Crippen LogP contribution in [0, 0.1) is 0 Å². The number of fused-ring (bicyclic) bond motifs is 3. The molecule has 0 amide bonds. The molecular weight excluding hydrogens is 194 g/mol. The molecule has 0 radical (unpaired) electrons. The number of hydrogen-bond acceptors (Lipinski definition) is 2. The number of rotatable bonds is 1. The number of nitrogens with one attached hydrogen (secondary N) is 1. The highest BCUT2D eigenvalue weighted by Gasteiger charge is 2.10. The first-order chi connectivity index (χ1) is 7.25. The molecule has 0 aliphatic carbocycles. The van der Waals surface area contributed by atoms with Gasteiger partial charge in [0.15, 0.2) is 5.65 Å². The van der Waals surface area contributed by atoms with Crippen molar-refractivity contribution >= 4 is 22.6 Å². The van der Waals surface area contributed by atoms with Crippen molar-refractivity contribution in [1.29, 1.82) is 0 Å². The van der Waals surface area contributed by atoms with Crippen molar-refractivity contribution in [2.75, 3.05) is 0 Å². The quantitative estimate of drug-likeness (QED) is 0.627. The molecule has 1 aromatic carbocycles. The number of aromatic nitrogens is 3. The second kappa shape index (κ2) is 2.60. The van der Waals surface area contributed by atoms with Crippen LogP contribution in [0.25, 0.3) is 16.7 Å². The average molecular weight is 201 g/mol. The molecule has 2 aromatic heterocycles. The molecule has 0 spiro atoms. The molecule has 5 nitrogen and oxygen atoms in total. The van der Waals surface area contributed by atoms with Gasteiger partial charge < -0.3 is 5.11 Å². The number of para-hydroxylation sites is 2. The van der Waals surface area contributed by atoms with Gasteiger partial charge >= 0.3 is 5.97 Å². The summed E-state index contributed by atoms with van der Waals surface area (Å²) in [7, 11) is 0. The number of imidazole rings is 1. The van der Waals surface area contributed by atoms with Gasteiger partial charge in [-0.2, -0.15) is 0 Å². The summed E-state index contributed by atoms with van der Waals surface area (Å²) >= 11 is 0. The Morgan fingerprint density at radius 3 is 3.00 bits per heavy atom. The molecule has 0 unspecified atom stereocenters. The molecule has 0 saturated carbocycles. The Morgan fingerprint density at radius 1 is 1.40 bits per heavy atom. The second-order valence-corrected chi connectivity index (χ2v) is 3.27. The Balaban J connectivity index is 2.42. The number of carboxylic acid groups (broad SMARTS) is 1. The summed E-state index contributed by atoms with van der Waals surface area (Å²) in [6.45, 7) is 0. The van der Waals surface area contributed by atoms with Gasteiger partial charge in [-0.3, -0.25) is 5.10 Å². The Bertz CT molecular complexity index is 665. The van der Waals surface area contributed by atoms with Crippen LogP contribution in [0.4, 0.5) is 0 Å². The largest absolute Gasteiger partial charge is 0.477 e. The van der Waals surface area contributed by atoms with Crippen LogP contribution in [0.2, 0.25) is 0 Å². The molecule has 2 heterocycles. The minimum atomic E-state index is -0.982. The lowest BCUT2D eigenvalue weighted by Crippen LogP contribution is -1.97. The summed E-state index contributed by atoms with van der Waals surface area (Å²) in [4.78, 5) is 15.0. The second-order valence-electron chi connectivity index (χ2n) is 3.27. The van der Waals surface area contributed by atoms with E-state index in [1.807, 2.05) is 24.3 Å². The summed E-state index contributed by atoms with van der Waals surface area (Å²) in [5.41, 5.74) is 2.48. The number of nitrogens with zero attached hydrogens (tertiary/aromatic N) is 2. The average Bonchev–Trinajstić information content (AvgIpc) is 2.73. The topological polar surface area (TPSA) is 70.4 Å². The lowest BCUT2D eigenvalue weighted by Gasteiger charge is -1.89. The SMILES string of the molecule is O=C(O)c1cc2nc3ccccc3n2[nH]1. The van der Waals surface area contributed by atoms with E-state index in [0.717, 1.165) is 11.0 Å². The number of aromatic carboxylic acids is 1. The maximum absolute atomic E-state index is 10.7. The summed E-state index contributed by atoms with van der Waals surface area (Å²) in [5.74, 6) is -0.982. The van der Waals surface area contributed by atoms with Crippen molar-refractivity contribution in [2.24, 2.45) is 0 Å². The van der Waals surface area contributed by atoms with Crippen LogP contribution in [0.1, 0.15) is 10.5 Å². The highest BCUT2D eigenvalue weighted by atomic mass is 16.4. The fraction of sp³-hybridized carbons (Fsp3) is 0. The monoisotopic (exact) mass is 201 g/mol. The third kappa shape index (κ3) is 1.03. The van der Waals surface area contributed by atoms with Crippen LogP contribution >= 0.6 is 0 Å². The summed E-state index contributed by atoms with van der Waals surface area (Å²) in [6, 6.07) is 9.07. The predicted molar refractivity (Wildman–Crippen MR) is 54.0 cm³/mol. The molecule has 2 N–H and O–H groups in total. The van der Waals surface area contributed by atoms with Gasteiger partial charge in [0.05, 0.1) is 11.0 Å². The zero-order valence-corrected chi connectivity index (χ0v) is 7.64. The van der Waals surface area contributed by atoms with Crippen molar-refractivity contribution in [3.05, 3.63) is 36.0 Å². The molecule has 3 aromatic rings. The van der Waals surface area contributed by atoms with Crippen LogP contribution in [0.5, 0.6) is 0 Å². The van der Waals surface area contributed by atoms with Gasteiger partial charge in [0, 0.05) is 6.07 Å². The Labute approximate surface area is 83.9 Å². The van der Waals surface area contributed by atoms with Gasteiger partial charge in [0.2, 0.25) is 0 Å². The molecule has 0 aliphatic heterocycles. The smallest absolute Gasteiger partial charge is 0.353 e. The van der Waals surface area contributed by atoms with Crippen molar-refractivity contribution in [1.82, 2.24) is 14.6 Å². The summed E-state index contributed by atoms with van der Waals surface area (Å²) in [6.07, 6.45) is 0. The van der Waals surface area contributed by atoms with E-state index in [4.69, 9.17) is 5.11 Å². The van der Waals surface area contributed by atoms with E-state index >= 15 is 0 Å². The first-order valence-corrected chi connectivity index (χ1v) is 4.45. The van der Waals surface area contributed by atoms with Crippen molar-refractivity contribution in [3.63, 3.8) is 0 Å². The molecular formula is C10H7N3O2. The summed E-state index contributed by atoms with van der Waals surface area (Å²) in [5, 5.41) is 11.6. The molecule has 0 bridgehead atoms. The van der Waals surface area contributed by atoms with Gasteiger partial charge in [-0.25, -0.2) is 14.3 Å². The molecule has 15 heavy (non-hydrogen) atoms. The standard InChI is InChI=1S/C10H7N3O2/c14-10(15)7-5-9-11-6-3-1-2-4-8(6)13(9)12-7/h1-5,12H,(H,14,15). The number of benzene rings is 1. The first kappa shape index (κ1) is 8.05. The third-order valence-corrected chi connectivity index (χ3v) is 2.32. The molecule has 0 aliphatic rings. The van der Waals surface area contributed by atoms with Crippen LogP contribution in [0.3, 0.4) is 0 Å². The van der Waals surface area contributed by atoms with Crippen molar-refractivity contribution in [3.8, 4) is 0 Å². The maximum atomic E-state index is 10.7. The van der Waals surface area contributed by atoms with Crippen LogP contribution < -0.4 is 0 Å². The van der Waals surface area contributed by atoms with Gasteiger partial charge in [-0.05, 0) is 12.1 Å². The zero-order valence-electron chi connectivity index (χ0n) is 7.64. The molecule has 74 valence electrons. The van der Waals surface area contributed by atoms with Gasteiger partial charge in [0.25, 0.3) is 0 Å². The molecule has 0 fully saturated rings. The van der Waals surface area contributed by atoms with E-state index < -0.39 is 5.97 Å². The highest BCUT2D eigenvalue weighted by Crippen LogP contribution is 2.16. The lowest BCUT2D eigenvalue weighted by molar-refractivity contribution is 0.0690. The van der Waals surface area contributed by atoms with E-state index in [-0.39, 0.29) is 5.69 Å². The van der Waals surface area contributed by atoms with Crippen LogP contribution in [-0.2, 0) is 0 Å². The normalized spacial score (nSPS) is 11.2. The maximum Gasteiger partial charge on any atom is 0.353 e. The third-order valence-electron chi connectivity index (χ3n) is 2.32. The van der Waals surface area contributed by atoms with Crippen LogP contribution in [-0.4, -0.2) is 25.7 Å². The number of carboxylic acids is 1. The minimum Gasteiger partial charge on any atom is -0.477 e. The van der Waals surface area contributed by atoms with Crippen LogP contribution in [0.15, 0.2) is 30.3 Å². The number of carbonyl (C=O) groups is 1. The summed E-state index contributed by atoms with van der Waals surface area (Å²) < 4.78 is 1.67. The lowest BCUT2D eigenvalue weighted by atomic mass is 10.3. The van der Waals surface area contributed by atoms with Crippen molar-refractivity contribution < 1.29 is 9.90 Å². The predicted octanol–water partition coefficient (Wildman–Crippen LogP) is 1.51. The Hall–Kier alpha value is -2.30. The molecule has 3 rings (SSSR count). The molecule has 0 atom stereocenters. The van der Waals surface area contributed by atoms with Gasteiger partial charge in [0.1, 0.15) is 5.69 Å². The fourth-order valence-corrected chi connectivity index (χ4v) is 1.65. The zero-order chi connectivity index (χ0) is 10.4. The van der Waals surface area contributed by atoms with E-state index in [2.05, 4.69) is 10.1 Å². The highest BCUT2D eigenvalue weighted by molar-refractivity contribution is 5.88. The van der Waals surface area contributed by atoms with Crippen molar-refractivity contribution in [2.45, 2.75) is 0 Å². The minimum absolute atomic E-state index is 0.142. The fourth-order valence-electron chi connectivity index (χ4n) is 1.65.